The summed E-state index contributed by atoms with van der Waals surface area (Å²) in [6, 6.07) is 0.777. The van der Waals surface area contributed by atoms with Crippen LogP contribution in [0.1, 0.15) is 33.6 Å². The SMILES string of the molecule is CC1CNC2C(CCC2(C)C)S1. The molecule has 2 fully saturated rings. The van der Waals surface area contributed by atoms with Crippen LogP contribution in [0.25, 0.3) is 0 Å². The third kappa shape index (κ3) is 1.39. The molecule has 0 amide bonds. The van der Waals surface area contributed by atoms with Crippen LogP contribution in [-0.2, 0) is 0 Å². The summed E-state index contributed by atoms with van der Waals surface area (Å²) in [5.41, 5.74) is 0.539. The van der Waals surface area contributed by atoms with Crippen molar-refractivity contribution in [2.45, 2.75) is 50.2 Å². The normalized spacial score (nSPS) is 45.8. The zero-order chi connectivity index (χ0) is 8.77. The molecule has 70 valence electrons. The molecular formula is C10H19NS. The van der Waals surface area contributed by atoms with Crippen molar-refractivity contribution >= 4 is 11.8 Å². The summed E-state index contributed by atoms with van der Waals surface area (Å²) < 4.78 is 0. The van der Waals surface area contributed by atoms with Crippen molar-refractivity contribution in [1.82, 2.24) is 5.32 Å². The average Bonchev–Trinajstić information content (AvgIpc) is 2.27. The lowest BCUT2D eigenvalue weighted by molar-refractivity contribution is 0.283. The van der Waals surface area contributed by atoms with Gasteiger partial charge in [0.05, 0.1) is 0 Å². The largest absolute Gasteiger partial charge is 0.311 e. The summed E-state index contributed by atoms with van der Waals surface area (Å²) in [5, 5.41) is 5.41. The van der Waals surface area contributed by atoms with Crippen LogP contribution in [-0.4, -0.2) is 23.1 Å². The van der Waals surface area contributed by atoms with Gasteiger partial charge in [0.25, 0.3) is 0 Å². The van der Waals surface area contributed by atoms with E-state index in [9.17, 15) is 0 Å². The Morgan fingerprint density at radius 3 is 2.92 bits per heavy atom. The molecule has 0 aromatic carbocycles. The fraction of sp³-hybridized carbons (Fsp3) is 1.00. The number of fused-ring (bicyclic) bond motifs is 1. The molecule has 12 heavy (non-hydrogen) atoms. The summed E-state index contributed by atoms with van der Waals surface area (Å²) in [7, 11) is 0. The Hall–Kier alpha value is 0.310. The van der Waals surface area contributed by atoms with Gasteiger partial charge in [0.15, 0.2) is 0 Å². The van der Waals surface area contributed by atoms with Gasteiger partial charge in [0, 0.05) is 23.1 Å². The number of thioether (sulfide) groups is 1. The lowest BCUT2D eigenvalue weighted by atomic mass is 9.87. The summed E-state index contributed by atoms with van der Waals surface area (Å²) in [6.45, 7) is 8.34. The number of rotatable bonds is 0. The highest BCUT2D eigenvalue weighted by atomic mass is 32.2. The van der Waals surface area contributed by atoms with Crippen molar-refractivity contribution in [3.63, 3.8) is 0 Å². The third-order valence-corrected chi connectivity index (χ3v) is 4.81. The first-order chi connectivity index (χ1) is 5.59. The van der Waals surface area contributed by atoms with Crippen molar-refractivity contribution in [3.8, 4) is 0 Å². The zero-order valence-corrected chi connectivity index (χ0v) is 9.08. The van der Waals surface area contributed by atoms with Crippen LogP contribution in [0.2, 0.25) is 0 Å². The van der Waals surface area contributed by atoms with Crippen molar-refractivity contribution in [3.05, 3.63) is 0 Å². The topological polar surface area (TPSA) is 12.0 Å². The Morgan fingerprint density at radius 2 is 2.17 bits per heavy atom. The molecule has 1 nitrogen and oxygen atoms in total. The second-order valence-corrected chi connectivity index (χ2v) is 6.58. The van der Waals surface area contributed by atoms with Crippen molar-refractivity contribution < 1.29 is 0 Å². The Kier molecular flexibility index (Phi) is 2.16. The molecule has 1 saturated carbocycles. The molecule has 1 N–H and O–H groups in total. The van der Waals surface area contributed by atoms with E-state index in [0.717, 1.165) is 16.5 Å². The van der Waals surface area contributed by atoms with Gasteiger partial charge >= 0.3 is 0 Å². The molecular weight excluding hydrogens is 166 g/mol. The smallest absolute Gasteiger partial charge is 0.0238 e. The maximum Gasteiger partial charge on any atom is 0.0238 e. The van der Waals surface area contributed by atoms with Gasteiger partial charge in [-0.3, -0.25) is 0 Å². The van der Waals surface area contributed by atoms with Crippen LogP contribution in [0, 0.1) is 5.41 Å². The van der Waals surface area contributed by atoms with Gasteiger partial charge < -0.3 is 5.32 Å². The lowest BCUT2D eigenvalue weighted by Gasteiger charge is -2.37. The molecule has 2 rings (SSSR count). The minimum atomic E-state index is 0.539. The first-order valence-corrected chi connectivity index (χ1v) is 5.93. The van der Waals surface area contributed by atoms with Crippen molar-refractivity contribution in [1.29, 1.82) is 0 Å². The van der Waals surface area contributed by atoms with Crippen LogP contribution in [0.5, 0.6) is 0 Å². The van der Waals surface area contributed by atoms with Crippen LogP contribution in [0.3, 0.4) is 0 Å². The summed E-state index contributed by atoms with van der Waals surface area (Å²) in [4.78, 5) is 0. The molecule has 0 spiro atoms. The fourth-order valence-electron chi connectivity index (χ4n) is 2.53. The standard InChI is InChI=1S/C10H19NS/c1-7-6-11-9-8(12-7)4-5-10(9,2)3/h7-9,11H,4-6H2,1-3H3. The van der Waals surface area contributed by atoms with Crippen LogP contribution in [0.15, 0.2) is 0 Å². The highest BCUT2D eigenvalue weighted by Crippen LogP contribution is 2.45. The van der Waals surface area contributed by atoms with Crippen molar-refractivity contribution in [2.24, 2.45) is 5.41 Å². The first kappa shape index (κ1) is 8.89. The van der Waals surface area contributed by atoms with Gasteiger partial charge in [-0.25, -0.2) is 0 Å². The summed E-state index contributed by atoms with van der Waals surface area (Å²) in [6.07, 6.45) is 2.81. The summed E-state index contributed by atoms with van der Waals surface area (Å²) in [5.74, 6) is 0. The second kappa shape index (κ2) is 2.91. The third-order valence-electron chi connectivity index (χ3n) is 3.32. The lowest BCUT2D eigenvalue weighted by Crippen LogP contribution is -2.49. The van der Waals surface area contributed by atoms with E-state index in [1.165, 1.54) is 19.4 Å². The maximum absolute atomic E-state index is 3.70. The van der Waals surface area contributed by atoms with Gasteiger partial charge in [-0.2, -0.15) is 11.8 Å². The van der Waals surface area contributed by atoms with E-state index in [4.69, 9.17) is 0 Å². The molecule has 1 aliphatic heterocycles. The molecule has 3 atom stereocenters. The average molecular weight is 185 g/mol. The highest BCUT2D eigenvalue weighted by molar-refractivity contribution is 8.00. The monoisotopic (exact) mass is 185 g/mol. The van der Waals surface area contributed by atoms with E-state index < -0.39 is 0 Å². The minimum Gasteiger partial charge on any atom is -0.311 e. The summed E-state index contributed by atoms with van der Waals surface area (Å²) >= 11 is 2.20. The van der Waals surface area contributed by atoms with E-state index >= 15 is 0 Å². The molecule has 0 aromatic rings. The zero-order valence-electron chi connectivity index (χ0n) is 8.26. The fourth-order valence-corrected chi connectivity index (χ4v) is 4.20. The van der Waals surface area contributed by atoms with Gasteiger partial charge in [0.1, 0.15) is 0 Å². The molecule has 0 aromatic heterocycles. The molecule has 1 aliphatic carbocycles. The Morgan fingerprint density at radius 1 is 1.42 bits per heavy atom. The van der Waals surface area contributed by atoms with Crippen LogP contribution in [0.4, 0.5) is 0 Å². The quantitative estimate of drug-likeness (QED) is 0.621. The molecule has 2 heteroatoms. The van der Waals surface area contributed by atoms with Crippen LogP contribution < -0.4 is 5.32 Å². The molecule has 3 unspecified atom stereocenters. The number of nitrogens with one attached hydrogen (secondary N) is 1. The van der Waals surface area contributed by atoms with E-state index in [2.05, 4.69) is 37.8 Å². The van der Waals surface area contributed by atoms with Gasteiger partial charge in [-0.05, 0) is 18.3 Å². The first-order valence-electron chi connectivity index (χ1n) is 4.98. The van der Waals surface area contributed by atoms with E-state index in [1.54, 1.807) is 0 Å². The predicted octanol–water partition coefficient (Wildman–Crippen LogP) is 2.27. The van der Waals surface area contributed by atoms with Gasteiger partial charge in [-0.1, -0.05) is 20.8 Å². The molecule has 2 aliphatic rings. The molecule has 1 heterocycles. The van der Waals surface area contributed by atoms with Crippen molar-refractivity contribution in [2.75, 3.05) is 6.54 Å². The minimum absolute atomic E-state index is 0.539. The van der Waals surface area contributed by atoms with Gasteiger partial charge in [0.2, 0.25) is 0 Å². The Labute approximate surface area is 79.7 Å². The van der Waals surface area contributed by atoms with E-state index in [0.29, 0.717) is 5.41 Å². The molecule has 0 bridgehead atoms. The van der Waals surface area contributed by atoms with Crippen LogP contribution >= 0.6 is 11.8 Å². The Bertz CT molecular complexity index is 179. The highest BCUT2D eigenvalue weighted by Gasteiger charge is 2.44. The predicted molar refractivity (Wildman–Crippen MR) is 55.6 cm³/mol. The number of hydrogen-bond donors (Lipinski definition) is 1. The van der Waals surface area contributed by atoms with E-state index in [-0.39, 0.29) is 0 Å². The molecule has 1 saturated heterocycles. The number of hydrogen-bond acceptors (Lipinski definition) is 2. The Balaban J connectivity index is 2.08. The second-order valence-electron chi connectivity index (χ2n) is 4.90. The van der Waals surface area contributed by atoms with E-state index in [1.807, 2.05) is 0 Å². The molecule has 0 radical (unpaired) electrons. The van der Waals surface area contributed by atoms with Gasteiger partial charge in [-0.15, -0.1) is 0 Å². The maximum atomic E-state index is 3.70.